The van der Waals surface area contributed by atoms with Gasteiger partial charge in [-0.1, -0.05) is 101 Å². The molecule has 0 bridgehead atoms. The molecule has 0 N–H and O–H groups in total. The van der Waals surface area contributed by atoms with Crippen molar-refractivity contribution >= 4 is 22.8 Å². The second-order valence-electron chi connectivity index (χ2n) is 17.4. The van der Waals surface area contributed by atoms with E-state index in [2.05, 4.69) is 126 Å². The molecule has 0 unspecified atom stereocenters. The van der Waals surface area contributed by atoms with Crippen molar-refractivity contribution in [2.24, 2.45) is 9.98 Å². The van der Waals surface area contributed by atoms with Gasteiger partial charge in [-0.3, -0.25) is 9.98 Å². The third-order valence-electron chi connectivity index (χ3n) is 9.27. The standard InChI is InChI=1S/C41H55N3.2ClH.Fe/c1-38(2,3)28-20-29(39(4,5)6)23-32(22-28)42-34-17-13-15-26-19-27-16-14-18-35(37(27)44-36(26)34)43-33-24-30(40(7,8)9)21-31(25-33)41(10,11)12;;;/h19-25H,13-18H2,1-12H3;2*1H;/q;;;+2/p-2. The third-order valence-corrected chi connectivity index (χ3v) is 9.27. The number of aliphatic imine (C=N–C) groups is 2. The van der Waals surface area contributed by atoms with Crippen molar-refractivity contribution in [2.45, 2.75) is 143 Å². The van der Waals surface area contributed by atoms with Crippen molar-refractivity contribution in [2.75, 3.05) is 0 Å². The fourth-order valence-electron chi connectivity index (χ4n) is 6.23. The molecule has 0 radical (unpaired) electrons. The summed E-state index contributed by atoms with van der Waals surface area (Å²) in [6, 6.07) is 16.3. The van der Waals surface area contributed by atoms with E-state index in [0.29, 0.717) is 0 Å². The van der Waals surface area contributed by atoms with E-state index in [0.717, 1.165) is 72.7 Å². The molecule has 3 nitrogen and oxygen atoms in total. The Morgan fingerprint density at radius 1 is 0.447 bits per heavy atom. The number of halogens is 2. The number of aryl methyl sites for hydroxylation is 2. The number of fused-ring (bicyclic) bond motifs is 2. The van der Waals surface area contributed by atoms with Crippen molar-refractivity contribution in [3.63, 3.8) is 0 Å². The van der Waals surface area contributed by atoms with E-state index in [1.807, 2.05) is 0 Å². The molecule has 2 aliphatic rings. The van der Waals surface area contributed by atoms with E-state index in [1.165, 1.54) is 33.4 Å². The van der Waals surface area contributed by atoms with Crippen LogP contribution in [0.4, 0.5) is 11.4 Å². The van der Waals surface area contributed by atoms with Gasteiger partial charge in [-0.25, -0.2) is 4.98 Å². The minimum absolute atomic E-state index is 0. The number of pyridine rings is 1. The van der Waals surface area contributed by atoms with Gasteiger partial charge in [0, 0.05) is 0 Å². The Hall–Kier alpha value is -1.97. The fraction of sp³-hybridized carbons (Fsp3) is 0.537. The molecular formula is C41H55Cl2FeN3. The van der Waals surface area contributed by atoms with Crippen molar-refractivity contribution in [3.8, 4) is 0 Å². The Balaban J connectivity index is 0.00000256. The molecule has 0 saturated carbocycles. The minimum Gasteiger partial charge on any atom is -1.00 e. The van der Waals surface area contributed by atoms with Gasteiger partial charge in [-0.15, -0.1) is 0 Å². The summed E-state index contributed by atoms with van der Waals surface area (Å²) in [6.45, 7) is 27.5. The van der Waals surface area contributed by atoms with Crippen LogP contribution in [0.2, 0.25) is 0 Å². The molecule has 1 heterocycles. The Bertz CT molecular complexity index is 1460. The van der Waals surface area contributed by atoms with Crippen LogP contribution >= 0.6 is 0 Å². The number of hydrogen-bond donors (Lipinski definition) is 0. The largest absolute Gasteiger partial charge is 2.00 e. The maximum absolute atomic E-state index is 5.43. The van der Waals surface area contributed by atoms with Gasteiger partial charge in [0.1, 0.15) is 0 Å². The molecule has 0 fully saturated rings. The van der Waals surface area contributed by atoms with Gasteiger partial charge in [-0.2, -0.15) is 0 Å². The zero-order valence-corrected chi connectivity index (χ0v) is 33.4. The van der Waals surface area contributed by atoms with E-state index in [-0.39, 0.29) is 63.5 Å². The van der Waals surface area contributed by atoms with Crippen LogP contribution in [0.15, 0.2) is 52.4 Å². The zero-order chi connectivity index (χ0) is 32.2. The number of nitrogens with zero attached hydrogens (tertiary/aromatic N) is 3. The van der Waals surface area contributed by atoms with Crippen LogP contribution in [0, 0.1) is 0 Å². The fourth-order valence-corrected chi connectivity index (χ4v) is 6.23. The first-order chi connectivity index (χ1) is 20.3. The van der Waals surface area contributed by atoms with Crippen LogP contribution in [0.3, 0.4) is 0 Å². The summed E-state index contributed by atoms with van der Waals surface area (Å²) in [5.74, 6) is 0. The van der Waals surface area contributed by atoms with Crippen molar-refractivity contribution in [3.05, 3.63) is 87.2 Å². The SMILES string of the molecule is CC(C)(C)c1cc(N=C2CCCc3cc4c(nc32)C(=Nc2cc(C(C)(C)C)cc(C(C)(C)C)c2)CCC4)cc(C(C)(C)C)c1.[Cl-].[Cl-].[Fe+2]. The van der Waals surface area contributed by atoms with Crippen molar-refractivity contribution in [1.29, 1.82) is 0 Å². The average Bonchev–Trinajstić information content (AvgIpc) is 2.90. The summed E-state index contributed by atoms with van der Waals surface area (Å²) in [6.07, 6.45) is 6.29. The van der Waals surface area contributed by atoms with Crippen LogP contribution in [-0.2, 0) is 51.6 Å². The van der Waals surface area contributed by atoms with Gasteiger partial charge < -0.3 is 24.8 Å². The molecule has 2 aromatic carbocycles. The van der Waals surface area contributed by atoms with Crippen LogP contribution < -0.4 is 24.8 Å². The van der Waals surface area contributed by atoms with Gasteiger partial charge in [0.25, 0.3) is 0 Å². The topological polar surface area (TPSA) is 37.6 Å². The first kappa shape index (κ1) is 41.2. The summed E-state index contributed by atoms with van der Waals surface area (Å²) in [7, 11) is 0. The molecule has 6 heteroatoms. The summed E-state index contributed by atoms with van der Waals surface area (Å²) in [5.41, 5.74) is 14.8. The normalized spacial score (nSPS) is 16.9. The number of rotatable bonds is 2. The molecule has 256 valence electrons. The Kier molecular flexibility index (Phi) is 13.0. The van der Waals surface area contributed by atoms with E-state index < -0.39 is 0 Å². The summed E-state index contributed by atoms with van der Waals surface area (Å²) in [4.78, 5) is 16.1. The van der Waals surface area contributed by atoms with Gasteiger partial charge >= 0.3 is 17.1 Å². The molecule has 5 rings (SSSR count). The molecule has 47 heavy (non-hydrogen) atoms. The Labute approximate surface area is 308 Å². The minimum atomic E-state index is 0. The predicted molar refractivity (Wildman–Crippen MR) is 190 cm³/mol. The van der Waals surface area contributed by atoms with E-state index in [9.17, 15) is 0 Å². The van der Waals surface area contributed by atoms with Crippen LogP contribution in [0.5, 0.6) is 0 Å². The monoisotopic (exact) mass is 715 g/mol. The molecule has 1 aromatic heterocycles. The Morgan fingerprint density at radius 2 is 0.745 bits per heavy atom. The van der Waals surface area contributed by atoms with Crippen molar-refractivity contribution in [1.82, 2.24) is 4.98 Å². The summed E-state index contributed by atoms with van der Waals surface area (Å²) in [5, 5.41) is 0. The zero-order valence-electron chi connectivity index (χ0n) is 30.7. The molecule has 0 spiro atoms. The van der Waals surface area contributed by atoms with Crippen LogP contribution in [-0.4, -0.2) is 16.4 Å². The Morgan fingerprint density at radius 3 is 1.02 bits per heavy atom. The molecule has 0 aliphatic heterocycles. The van der Waals surface area contributed by atoms with Crippen LogP contribution in [0.1, 0.15) is 154 Å². The maximum Gasteiger partial charge on any atom is 2.00 e. The molecule has 0 saturated heterocycles. The molecule has 0 amide bonds. The molecule has 2 aliphatic carbocycles. The van der Waals surface area contributed by atoms with Crippen molar-refractivity contribution < 1.29 is 41.9 Å². The predicted octanol–water partition coefficient (Wildman–Crippen LogP) is 5.19. The van der Waals surface area contributed by atoms with E-state index in [4.69, 9.17) is 15.0 Å². The first-order valence-corrected chi connectivity index (χ1v) is 16.8. The first-order valence-electron chi connectivity index (χ1n) is 16.8. The quantitative estimate of drug-likeness (QED) is 0.337. The van der Waals surface area contributed by atoms with E-state index in [1.54, 1.807) is 0 Å². The van der Waals surface area contributed by atoms with Crippen LogP contribution in [0.25, 0.3) is 0 Å². The number of aromatic nitrogens is 1. The molecule has 0 atom stereocenters. The number of benzene rings is 2. The van der Waals surface area contributed by atoms with Gasteiger partial charge in [-0.05, 0) is 118 Å². The maximum atomic E-state index is 5.43. The number of hydrogen-bond acceptors (Lipinski definition) is 3. The van der Waals surface area contributed by atoms with Gasteiger partial charge in [0.2, 0.25) is 0 Å². The second-order valence-corrected chi connectivity index (χ2v) is 17.4. The van der Waals surface area contributed by atoms with Gasteiger partial charge in [0.15, 0.2) is 0 Å². The molecule has 3 aromatic rings. The third kappa shape index (κ3) is 9.60. The van der Waals surface area contributed by atoms with Gasteiger partial charge in [0.05, 0.1) is 34.2 Å². The summed E-state index contributed by atoms with van der Waals surface area (Å²) >= 11 is 0. The molecular weight excluding hydrogens is 661 g/mol. The van der Waals surface area contributed by atoms with E-state index >= 15 is 0 Å². The summed E-state index contributed by atoms with van der Waals surface area (Å²) < 4.78 is 0. The average molecular weight is 717 g/mol. The smallest absolute Gasteiger partial charge is 1.00 e. The second kappa shape index (κ2) is 14.9.